The van der Waals surface area contributed by atoms with Gasteiger partial charge in [-0.25, -0.2) is 4.79 Å². The first-order valence-electron chi connectivity index (χ1n) is 10.1. The molecule has 2 aromatic rings. The molecule has 1 aliphatic rings. The summed E-state index contributed by atoms with van der Waals surface area (Å²) >= 11 is 0. The molecule has 0 spiro atoms. The van der Waals surface area contributed by atoms with Crippen molar-refractivity contribution in [2.75, 3.05) is 13.2 Å². The molecule has 2 aromatic carbocycles. The zero-order chi connectivity index (χ0) is 23.4. The second kappa shape index (κ2) is 9.56. The average molecular weight is 448 g/mol. The van der Waals surface area contributed by atoms with E-state index in [0.717, 1.165) is 17.7 Å². The quantitative estimate of drug-likeness (QED) is 0.499. The van der Waals surface area contributed by atoms with E-state index in [9.17, 15) is 27.9 Å². The summed E-state index contributed by atoms with van der Waals surface area (Å²) in [5.74, 6) is -1.71. The summed E-state index contributed by atoms with van der Waals surface area (Å²) in [5, 5.41) is 9.85. The van der Waals surface area contributed by atoms with Crippen molar-refractivity contribution in [1.82, 2.24) is 0 Å². The van der Waals surface area contributed by atoms with Gasteiger partial charge in [-0.2, -0.15) is 13.2 Å². The lowest BCUT2D eigenvalue weighted by Gasteiger charge is -2.25. The van der Waals surface area contributed by atoms with Gasteiger partial charge in [-0.15, -0.1) is 0 Å². The minimum absolute atomic E-state index is 0.0429. The largest absolute Gasteiger partial charge is 0.461 e. The van der Waals surface area contributed by atoms with Gasteiger partial charge in [0.15, 0.2) is 5.60 Å². The Labute approximate surface area is 183 Å². The van der Waals surface area contributed by atoms with Gasteiger partial charge in [0.25, 0.3) is 0 Å². The van der Waals surface area contributed by atoms with Crippen LogP contribution in [0.15, 0.2) is 60.2 Å². The Morgan fingerprint density at radius 1 is 1.19 bits per heavy atom. The van der Waals surface area contributed by atoms with Gasteiger partial charge < -0.3 is 14.6 Å². The van der Waals surface area contributed by atoms with Crippen LogP contribution in [0.2, 0.25) is 0 Å². The summed E-state index contributed by atoms with van der Waals surface area (Å²) in [6.45, 7) is 0.946. The second-order valence-corrected chi connectivity index (χ2v) is 7.68. The van der Waals surface area contributed by atoms with E-state index in [1.807, 2.05) is 37.3 Å². The van der Waals surface area contributed by atoms with Gasteiger partial charge in [0.05, 0.1) is 18.1 Å². The molecule has 1 fully saturated rings. The molecule has 5 nitrogen and oxygen atoms in total. The van der Waals surface area contributed by atoms with Gasteiger partial charge in [0, 0.05) is 12.0 Å². The van der Waals surface area contributed by atoms with Crippen LogP contribution in [0.5, 0.6) is 0 Å². The summed E-state index contributed by atoms with van der Waals surface area (Å²) in [7, 11) is 0. The van der Waals surface area contributed by atoms with Crippen LogP contribution < -0.4 is 0 Å². The number of rotatable bonds is 7. The number of aliphatic hydroxyl groups excluding tert-OH is 1. The van der Waals surface area contributed by atoms with Crippen molar-refractivity contribution in [1.29, 1.82) is 0 Å². The zero-order valence-electron chi connectivity index (χ0n) is 17.4. The topological polar surface area (TPSA) is 72.8 Å². The number of benzene rings is 2. The van der Waals surface area contributed by atoms with E-state index in [1.54, 1.807) is 0 Å². The van der Waals surface area contributed by atoms with E-state index in [1.165, 1.54) is 18.2 Å². The molecule has 2 unspecified atom stereocenters. The molecule has 0 bridgehead atoms. The van der Waals surface area contributed by atoms with Crippen molar-refractivity contribution in [2.24, 2.45) is 0 Å². The Morgan fingerprint density at radius 3 is 2.41 bits per heavy atom. The number of hydrogen-bond acceptors (Lipinski definition) is 5. The molecule has 0 aromatic heterocycles. The molecule has 0 radical (unpaired) electrons. The molecule has 0 saturated carbocycles. The van der Waals surface area contributed by atoms with Crippen molar-refractivity contribution in [2.45, 2.75) is 37.5 Å². The maximum atomic E-state index is 12.7. The molecule has 8 heteroatoms. The smallest absolute Gasteiger partial charge is 0.416 e. The van der Waals surface area contributed by atoms with Crippen molar-refractivity contribution in [3.63, 3.8) is 0 Å². The Hall–Kier alpha value is -3.13. The molecule has 0 amide bonds. The highest BCUT2D eigenvalue weighted by Crippen LogP contribution is 2.34. The molecular weight excluding hydrogens is 425 g/mol. The van der Waals surface area contributed by atoms with E-state index in [4.69, 9.17) is 9.47 Å². The predicted molar refractivity (Wildman–Crippen MR) is 110 cm³/mol. The number of ether oxygens (including phenoxy) is 2. The van der Waals surface area contributed by atoms with Crippen LogP contribution in [0.25, 0.3) is 6.08 Å². The maximum Gasteiger partial charge on any atom is 0.416 e. The highest BCUT2D eigenvalue weighted by atomic mass is 19.4. The minimum atomic E-state index is -4.45. The number of alkyl halides is 3. The summed E-state index contributed by atoms with van der Waals surface area (Å²) < 4.78 is 48.9. The van der Waals surface area contributed by atoms with Crippen LogP contribution in [0.1, 0.15) is 42.4 Å². The number of aliphatic hydroxyl groups is 1. The standard InChI is InChI=1S/C24H23F3O5/c1-2-20(17-6-4-3-5-7-17)22(30)31-15-23(14-28)13-18(21(29)32-23)12-16-8-10-19(11-9-16)24(25,26)27/h3-12,20,28H,2,13-15H2,1H3/b18-12+. The highest BCUT2D eigenvalue weighted by Gasteiger charge is 2.45. The molecule has 2 atom stereocenters. The molecule has 32 heavy (non-hydrogen) atoms. The van der Waals surface area contributed by atoms with Crippen molar-refractivity contribution in [3.05, 3.63) is 76.9 Å². The number of halogens is 3. The fourth-order valence-electron chi connectivity index (χ4n) is 3.54. The lowest BCUT2D eigenvalue weighted by Crippen LogP contribution is -2.39. The number of cyclic esters (lactones) is 1. The predicted octanol–water partition coefficient (Wildman–Crippen LogP) is 4.50. The number of carbonyl (C=O) groups is 2. The normalized spacial score (nSPS) is 20.8. The fraction of sp³-hybridized carbons (Fsp3) is 0.333. The Kier molecular flexibility index (Phi) is 7.03. The Balaban J connectivity index is 1.70. The zero-order valence-corrected chi connectivity index (χ0v) is 17.4. The third kappa shape index (κ3) is 5.37. The van der Waals surface area contributed by atoms with Gasteiger partial charge in [0.1, 0.15) is 6.61 Å². The SMILES string of the molecule is CCC(C(=O)OCC1(CO)C/C(=C\c2ccc(C(F)(F)F)cc2)C(=O)O1)c1ccccc1. The van der Waals surface area contributed by atoms with Crippen LogP contribution in [0, 0.1) is 0 Å². The first-order chi connectivity index (χ1) is 15.2. The molecule has 0 aliphatic carbocycles. The van der Waals surface area contributed by atoms with Crippen LogP contribution in [0.3, 0.4) is 0 Å². The number of hydrogen-bond donors (Lipinski definition) is 1. The van der Waals surface area contributed by atoms with Crippen LogP contribution in [0.4, 0.5) is 13.2 Å². The van der Waals surface area contributed by atoms with Gasteiger partial charge >= 0.3 is 18.1 Å². The lowest BCUT2D eigenvalue weighted by molar-refractivity contribution is -0.167. The summed E-state index contributed by atoms with van der Waals surface area (Å²) in [4.78, 5) is 24.9. The third-order valence-electron chi connectivity index (χ3n) is 5.32. The molecule has 170 valence electrons. The molecule has 1 heterocycles. The van der Waals surface area contributed by atoms with E-state index < -0.39 is 41.8 Å². The van der Waals surface area contributed by atoms with Crippen LogP contribution >= 0.6 is 0 Å². The molecule has 1 aliphatic heterocycles. The highest BCUT2D eigenvalue weighted by molar-refractivity contribution is 5.96. The second-order valence-electron chi connectivity index (χ2n) is 7.68. The van der Waals surface area contributed by atoms with Crippen molar-refractivity contribution in [3.8, 4) is 0 Å². The van der Waals surface area contributed by atoms with E-state index >= 15 is 0 Å². The van der Waals surface area contributed by atoms with E-state index in [0.29, 0.717) is 12.0 Å². The average Bonchev–Trinajstić information content (AvgIpc) is 3.09. The first-order valence-corrected chi connectivity index (χ1v) is 10.1. The number of esters is 2. The minimum Gasteiger partial charge on any atom is -0.461 e. The van der Waals surface area contributed by atoms with Crippen molar-refractivity contribution >= 4 is 18.0 Å². The third-order valence-corrected chi connectivity index (χ3v) is 5.32. The Bertz CT molecular complexity index is 983. The van der Waals surface area contributed by atoms with Crippen LogP contribution in [-0.2, 0) is 25.2 Å². The molecule has 3 rings (SSSR count). The van der Waals surface area contributed by atoms with Gasteiger partial charge in [-0.3, -0.25) is 4.79 Å². The summed E-state index contributed by atoms with van der Waals surface area (Å²) in [5.41, 5.74) is -0.881. The molecule has 1 N–H and O–H groups in total. The monoisotopic (exact) mass is 448 g/mol. The Morgan fingerprint density at radius 2 is 1.84 bits per heavy atom. The molecule has 1 saturated heterocycles. The van der Waals surface area contributed by atoms with Crippen LogP contribution in [-0.4, -0.2) is 35.9 Å². The van der Waals surface area contributed by atoms with E-state index in [-0.39, 0.29) is 18.6 Å². The van der Waals surface area contributed by atoms with Crippen molar-refractivity contribution < 1.29 is 37.3 Å². The van der Waals surface area contributed by atoms with E-state index in [2.05, 4.69) is 0 Å². The fourth-order valence-corrected chi connectivity index (χ4v) is 3.54. The first kappa shape index (κ1) is 23.5. The summed E-state index contributed by atoms with van der Waals surface area (Å²) in [6, 6.07) is 13.4. The lowest BCUT2D eigenvalue weighted by atomic mass is 9.96. The summed E-state index contributed by atoms with van der Waals surface area (Å²) in [6.07, 6.45) is -2.59. The van der Waals surface area contributed by atoms with Gasteiger partial charge in [0.2, 0.25) is 0 Å². The maximum absolute atomic E-state index is 12.7. The number of carbonyl (C=O) groups excluding carboxylic acids is 2. The van der Waals surface area contributed by atoms with Gasteiger partial charge in [-0.1, -0.05) is 49.4 Å². The van der Waals surface area contributed by atoms with Gasteiger partial charge in [-0.05, 0) is 35.8 Å². The molecular formula is C24H23F3O5.